The Hall–Kier alpha value is -3.68. The zero-order valence-electron chi connectivity index (χ0n) is 36.0. The number of carboxylic acids is 1. The van der Waals surface area contributed by atoms with Gasteiger partial charge in [0.15, 0.2) is 6.10 Å². The van der Waals surface area contributed by atoms with E-state index in [1.165, 1.54) is 0 Å². The van der Waals surface area contributed by atoms with Gasteiger partial charge in [-0.05, 0) is 64.2 Å². The number of carbonyl (C=O) groups is 3. The number of aliphatic hydroxyl groups is 2. The van der Waals surface area contributed by atoms with Crippen LogP contribution in [0.25, 0.3) is 0 Å². The average molecular weight is 864 g/mol. The number of allylic oxidation sites excluding steroid dienone is 14. The lowest BCUT2D eigenvalue weighted by molar-refractivity contribution is -0.161. The number of hydrogen-bond acceptors (Lipinski definition) is 11. The lowest BCUT2D eigenvalue weighted by Gasteiger charge is -2.20. The van der Waals surface area contributed by atoms with Crippen LogP contribution >= 0.6 is 7.82 Å². The van der Waals surface area contributed by atoms with E-state index in [0.29, 0.717) is 25.7 Å². The van der Waals surface area contributed by atoms with Crippen molar-refractivity contribution in [3.63, 3.8) is 0 Å². The monoisotopic (exact) mass is 863 g/mol. The summed E-state index contributed by atoms with van der Waals surface area (Å²) >= 11 is 0. The second-order valence-electron chi connectivity index (χ2n) is 14.2. The van der Waals surface area contributed by atoms with Crippen molar-refractivity contribution in [2.24, 2.45) is 5.73 Å². The molecule has 0 bridgehead atoms. The topological polar surface area (TPSA) is 212 Å². The van der Waals surface area contributed by atoms with Gasteiger partial charge >= 0.3 is 25.7 Å². The molecular weight excluding hydrogens is 789 g/mol. The van der Waals surface area contributed by atoms with Crippen molar-refractivity contribution in [2.75, 3.05) is 19.8 Å². The van der Waals surface area contributed by atoms with Crippen LogP contribution in [0.2, 0.25) is 0 Å². The number of carboxylic acid groups (broad SMARTS) is 1. The van der Waals surface area contributed by atoms with Crippen molar-refractivity contribution < 1.29 is 57.7 Å². The molecule has 3 unspecified atom stereocenters. The van der Waals surface area contributed by atoms with Crippen molar-refractivity contribution in [1.82, 2.24) is 0 Å². The summed E-state index contributed by atoms with van der Waals surface area (Å²) in [6.45, 7) is 2.40. The Morgan fingerprint density at radius 3 is 1.53 bits per heavy atom. The summed E-state index contributed by atoms with van der Waals surface area (Å²) in [6.07, 6.45) is 42.8. The van der Waals surface area contributed by atoms with Crippen molar-refractivity contribution >= 4 is 25.7 Å². The quantitative estimate of drug-likeness (QED) is 0.0129. The fraction of sp³-hybridized carbons (Fsp3) is 0.587. The molecule has 340 valence electrons. The van der Waals surface area contributed by atoms with Gasteiger partial charge in [-0.2, -0.15) is 0 Å². The zero-order chi connectivity index (χ0) is 44.5. The van der Waals surface area contributed by atoms with Gasteiger partial charge in [-0.25, -0.2) is 4.57 Å². The number of carbonyl (C=O) groups excluding carboxylic acids is 2. The molecule has 13 nitrogen and oxygen atoms in total. The van der Waals surface area contributed by atoms with Gasteiger partial charge in [0.2, 0.25) is 0 Å². The van der Waals surface area contributed by atoms with Crippen LogP contribution in [0, 0.1) is 0 Å². The van der Waals surface area contributed by atoms with Crippen LogP contribution in [0.4, 0.5) is 0 Å². The van der Waals surface area contributed by atoms with Gasteiger partial charge in [-0.1, -0.05) is 150 Å². The highest BCUT2D eigenvalue weighted by atomic mass is 31.2. The van der Waals surface area contributed by atoms with Crippen molar-refractivity contribution in [3.8, 4) is 0 Å². The van der Waals surface area contributed by atoms with Crippen LogP contribution in [0.3, 0.4) is 0 Å². The Balaban J connectivity index is 4.66. The number of aliphatic hydroxyl groups excluding tert-OH is 2. The molecule has 0 aliphatic rings. The standard InChI is InChI=1S/C46H74NO12P/c1-3-5-25-31-40(48)33-27-21-17-13-9-7-11-15-19-23-29-35-44(50)56-37-42(38-57-60(54,55)58-39-43(47)46(52)53)59-45(51)36-30-24-20-16-12-8-10-14-18-22-28-34-41(49)32-26-6-4-2/h7-10,15-22,27-28,33-34,40-43,48-49H,3-6,11-14,23-26,29-32,35-39,47H2,1-2H3,(H,52,53)(H,54,55)/b9-7-,10-8-,19-15-,20-16-,21-17-,22-18-,33-27+,34-28+/t40-,41-,42?,43?/m0/s1. The van der Waals surface area contributed by atoms with Gasteiger partial charge in [0.05, 0.1) is 25.4 Å². The lowest BCUT2D eigenvalue weighted by atomic mass is 10.1. The summed E-state index contributed by atoms with van der Waals surface area (Å²) in [7, 11) is -4.77. The second-order valence-corrected chi connectivity index (χ2v) is 15.6. The molecular formula is C46H74NO12P. The maximum Gasteiger partial charge on any atom is 0.472 e. The van der Waals surface area contributed by atoms with Crippen molar-refractivity contribution in [2.45, 2.75) is 154 Å². The summed E-state index contributed by atoms with van der Waals surface area (Å²) in [6, 6.07) is -1.56. The maximum atomic E-state index is 12.6. The first-order valence-electron chi connectivity index (χ1n) is 21.5. The van der Waals surface area contributed by atoms with Crippen LogP contribution in [0.15, 0.2) is 97.2 Å². The summed E-state index contributed by atoms with van der Waals surface area (Å²) in [5.74, 6) is -2.60. The number of rotatable bonds is 38. The molecule has 0 rings (SSSR count). The molecule has 0 amide bonds. The predicted molar refractivity (Wildman–Crippen MR) is 238 cm³/mol. The SMILES string of the molecule is CCCCC[C@H](O)/C=C/C=C\C/C=C\C/C=C\CCCC(=O)OCC(COP(=O)(O)OCC(N)C(=O)O)OC(=O)CCC/C=C\C/C=C\C/C=C\C=C\[C@@H](O)CCCCC. The van der Waals surface area contributed by atoms with Gasteiger partial charge < -0.3 is 35.4 Å². The van der Waals surface area contributed by atoms with Crippen molar-refractivity contribution in [3.05, 3.63) is 97.2 Å². The number of ether oxygens (including phenoxy) is 2. The largest absolute Gasteiger partial charge is 0.480 e. The lowest BCUT2D eigenvalue weighted by Crippen LogP contribution is -2.34. The van der Waals surface area contributed by atoms with Gasteiger partial charge in [-0.3, -0.25) is 23.4 Å². The van der Waals surface area contributed by atoms with E-state index in [-0.39, 0.29) is 12.8 Å². The van der Waals surface area contributed by atoms with Crippen LogP contribution in [0.1, 0.15) is 129 Å². The third kappa shape index (κ3) is 38.5. The number of esters is 2. The number of unbranched alkanes of at least 4 members (excludes halogenated alkanes) is 6. The molecule has 0 aromatic carbocycles. The second kappa shape index (κ2) is 39.5. The van der Waals surface area contributed by atoms with Crippen LogP contribution in [-0.4, -0.2) is 82.3 Å². The van der Waals surface area contributed by atoms with Gasteiger partial charge in [0.25, 0.3) is 0 Å². The Labute approximate surface area is 359 Å². The number of phosphoric ester groups is 1. The summed E-state index contributed by atoms with van der Waals surface area (Å²) in [5, 5.41) is 28.7. The molecule has 14 heteroatoms. The third-order valence-electron chi connectivity index (χ3n) is 8.51. The normalized spacial score (nSPS) is 15.7. The molecule has 0 saturated heterocycles. The Morgan fingerprint density at radius 1 is 0.600 bits per heavy atom. The van der Waals surface area contributed by atoms with Gasteiger partial charge in [-0.15, -0.1) is 0 Å². The van der Waals surface area contributed by atoms with Gasteiger partial charge in [0, 0.05) is 12.8 Å². The Kier molecular flexibility index (Phi) is 37.0. The molecule has 0 heterocycles. The molecule has 0 saturated carbocycles. The van der Waals surface area contributed by atoms with E-state index in [1.807, 2.05) is 91.1 Å². The Morgan fingerprint density at radius 2 is 1.05 bits per heavy atom. The van der Waals surface area contributed by atoms with Crippen LogP contribution in [0.5, 0.6) is 0 Å². The van der Waals surface area contributed by atoms with Crippen LogP contribution < -0.4 is 5.73 Å². The molecule has 0 spiro atoms. The van der Waals surface area contributed by atoms with E-state index < -0.39 is 69.9 Å². The highest BCUT2D eigenvalue weighted by Crippen LogP contribution is 2.43. The molecule has 0 fully saturated rings. The first-order valence-corrected chi connectivity index (χ1v) is 23.0. The average Bonchev–Trinajstić information content (AvgIpc) is 3.21. The molecule has 0 aromatic heterocycles. The first-order chi connectivity index (χ1) is 28.9. The predicted octanol–water partition coefficient (Wildman–Crippen LogP) is 9.22. The number of aliphatic carboxylic acids is 1. The van der Waals surface area contributed by atoms with E-state index in [0.717, 1.165) is 77.0 Å². The fourth-order valence-electron chi connectivity index (χ4n) is 5.03. The van der Waals surface area contributed by atoms with Crippen LogP contribution in [-0.2, 0) is 37.5 Å². The van der Waals surface area contributed by atoms with E-state index in [9.17, 15) is 34.1 Å². The molecule has 0 aliphatic carbocycles. The fourth-order valence-corrected chi connectivity index (χ4v) is 5.81. The molecule has 6 N–H and O–H groups in total. The minimum atomic E-state index is -4.77. The van der Waals surface area contributed by atoms with E-state index in [2.05, 4.69) is 18.4 Å². The molecule has 60 heavy (non-hydrogen) atoms. The van der Waals surface area contributed by atoms with Crippen molar-refractivity contribution in [1.29, 1.82) is 0 Å². The molecule has 0 aromatic rings. The molecule has 0 aliphatic heterocycles. The molecule has 5 atom stereocenters. The number of hydrogen-bond donors (Lipinski definition) is 5. The molecule has 0 radical (unpaired) electrons. The van der Waals surface area contributed by atoms with Gasteiger partial charge in [0.1, 0.15) is 12.6 Å². The van der Waals surface area contributed by atoms with E-state index in [1.54, 1.807) is 6.08 Å². The zero-order valence-corrected chi connectivity index (χ0v) is 36.9. The smallest absolute Gasteiger partial charge is 0.472 e. The number of phosphoric acid groups is 1. The highest BCUT2D eigenvalue weighted by Gasteiger charge is 2.28. The highest BCUT2D eigenvalue weighted by molar-refractivity contribution is 7.47. The minimum absolute atomic E-state index is 0.0385. The Bertz CT molecular complexity index is 1420. The summed E-state index contributed by atoms with van der Waals surface area (Å²) < 4.78 is 32.5. The minimum Gasteiger partial charge on any atom is -0.480 e. The first kappa shape index (κ1) is 56.3. The number of nitrogens with two attached hydrogens (primary N) is 1. The summed E-state index contributed by atoms with van der Waals surface area (Å²) in [4.78, 5) is 45.9. The van der Waals surface area contributed by atoms with E-state index >= 15 is 0 Å². The summed E-state index contributed by atoms with van der Waals surface area (Å²) in [5.41, 5.74) is 5.32. The third-order valence-corrected chi connectivity index (χ3v) is 9.46. The van der Waals surface area contributed by atoms with E-state index in [4.69, 9.17) is 24.8 Å². The maximum absolute atomic E-state index is 12.6.